The van der Waals surface area contributed by atoms with Gasteiger partial charge in [0, 0.05) is 18.4 Å². The molecule has 2 nitrogen and oxygen atoms in total. The lowest BCUT2D eigenvalue weighted by Gasteiger charge is -2.39. The van der Waals surface area contributed by atoms with Gasteiger partial charge in [0.15, 0.2) is 8.32 Å². The zero-order valence-electron chi connectivity index (χ0n) is 15.6. The van der Waals surface area contributed by atoms with Crippen molar-refractivity contribution in [3.8, 4) is 0 Å². The first kappa shape index (κ1) is 16.7. The van der Waals surface area contributed by atoms with Crippen molar-refractivity contribution in [1.29, 1.82) is 0 Å². The average molecular weight is 323 g/mol. The molecule has 3 aliphatic carbocycles. The summed E-state index contributed by atoms with van der Waals surface area (Å²) in [5, 5.41) is 0.286. The fourth-order valence-electron chi connectivity index (χ4n) is 5.69. The Morgan fingerprint density at radius 1 is 1.32 bits per heavy atom. The van der Waals surface area contributed by atoms with Crippen LogP contribution in [0.5, 0.6) is 0 Å². The van der Waals surface area contributed by atoms with Crippen LogP contribution in [0.25, 0.3) is 0 Å². The molecule has 0 aromatic heterocycles. The van der Waals surface area contributed by atoms with E-state index in [1.54, 1.807) is 0 Å². The molecule has 0 N–H and O–H groups in total. The van der Waals surface area contributed by atoms with Crippen LogP contribution >= 0.6 is 0 Å². The van der Waals surface area contributed by atoms with Gasteiger partial charge in [-0.25, -0.2) is 0 Å². The molecule has 3 heteroatoms. The SMILES string of the molecule is C[C@@H]1C(=O)C2C3CC[C@]1(CCCO[Si](C)(C)C(C)(C)C)[C@]32C. The van der Waals surface area contributed by atoms with Crippen molar-refractivity contribution in [2.75, 3.05) is 6.61 Å². The van der Waals surface area contributed by atoms with Gasteiger partial charge in [-0.2, -0.15) is 0 Å². The molecule has 0 spiro atoms. The number of rotatable bonds is 5. The Morgan fingerprint density at radius 3 is 2.55 bits per heavy atom. The Labute approximate surface area is 137 Å². The van der Waals surface area contributed by atoms with Gasteiger partial charge in [-0.3, -0.25) is 4.79 Å². The van der Waals surface area contributed by atoms with E-state index in [1.165, 1.54) is 19.3 Å². The molecule has 0 radical (unpaired) electrons. The molecule has 3 fully saturated rings. The largest absolute Gasteiger partial charge is 0.417 e. The third-order valence-electron chi connectivity index (χ3n) is 8.28. The van der Waals surface area contributed by atoms with Gasteiger partial charge in [0.2, 0.25) is 0 Å². The molecule has 0 aromatic rings. The highest BCUT2D eigenvalue weighted by molar-refractivity contribution is 6.74. The third kappa shape index (κ3) is 1.90. The van der Waals surface area contributed by atoms with Gasteiger partial charge in [-0.15, -0.1) is 0 Å². The van der Waals surface area contributed by atoms with E-state index in [0.717, 1.165) is 18.9 Å². The zero-order valence-corrected chi connectivity index (χ0v) is 16.6. The number of hydrogen-bond acceptors (Lipinski definition) is 2. The van der Waals surface area contributed by atoms with Gasteiger partial charge in [-0.05, 0) is 60.6 Å². The predicted octanol–water partition coefficient (Wildman–Crippen LogP) is 5.04. The Bertz CT molecular complexity index is 492. The number of ketones is 1. The van der Waals surface area contributed by atoms with E-state index in [1.807, 2.05) is 0 Å². The summed E-state index contributed by atoms with van der Waals surface area (Å²) in [5.74, 6) is 2.00. The first-order valence-corrected chi connectivity index (χ1v) is 12.1. The lowest BCUT2D eigenvalue weighted by molar-refractivity contribution is -0.124. The summed E-state index contributed by atoms with van der Waals surface area (Å²) in [6.45, 7) is 17.0. The fourth-order valence-corrected chi connectivity index (χ4v) is 6.78. The Hall–Kier alpha value is -0.153. The van der Waals surface area contributed by atoms with Crippen molar-refractivity contribution in [2.45, 2.75) is 78.4 Å². The van der Waals surface area contributed by atoms with Gasteiger partial charge in [0.05, 0.1) is 0 Å². The molecule has 0 bridgehead atoms. The molecule has 22 heavy (non-hydrogen) atoms. The molecular formula is C19H34O2Si. The van der Waals surface area contributed by atoms with Crippen LogP contribution in [0.2, 0.25) is 18.1 Å². The molecule has 3 aliphatic rings. The lowest BCUT2D eigenvalue weighted by atomic mass is 9.67. The summed E-state index contributed by atoms with van der Waals surface area (Å²) in [7, 11) is -1.63. The second-order valence-electron chi connectivity index (χ2n) is 9.90. The minimum Gasteiger partial charge on any atom is -0.417 e. The zero-order chi connectivity index (χ0) is 16.6. The second-order valence-corrected chi connectivity index (χ2v) is 14.7. The molecule has 0 aromatic carbocycles. The van der Waals surface area contributed by atoms with Gasteiger partial charge < -0.3 is 4.43 Å². The summed E-state index contributed by atoms with van der Waals surface area (Å²) in [4.78, 5) is 12.5. The number of carbonyl (C=O) groups excluding carboxylic acids is 1. The van der Waals surface area contributed by atoms with Gasteiger partial charge in [0.1, 0.15) is 5.78 Å². The van der Waals surface area contributed by atoms with Crippen molar-refractivity contribution >= 4 is 14.1 Å². The maximum absolute atomic E-state index is 12.5. The minimum absolute atomic E-state index is 0.286. The molecule has 0 amide bonds. The molecule has 0 aliphatic heterocycles. The van der Waals surface area contributed by atoms with Crippen molar-refractivity contribution < 1.29 is 9.22 Å². The van der Waals surface area contributed by atoms with Crippen molar-refractivity contribution in [1.82, 2.24) is 0 Å². The van der Waals surface area contributed by atoms with Crippen LogP contribution in [0.1, 0.15) is 60.3 Å². The predicted molar refractivity (Wildman–Crippen MR) is 93.3 cm³/mol. The number of carbonyl (C=O) groups is 1. The van der Waals surface area contributed by atoms with Crippen molar-refractivity contribution in [3.05, 3.63) is 0 Å². The first-order chi connectivity index (χ1) is 9.99. The normalized spacial score (nSPS) is 43.6. The maximum atomic E-state index is 12.5. The monoisotopic (exact) mass is 322 g/mol. The van der Waals surface area contributed by atoms with Gasteiger partial charge in [-0.1, -0.05) is 34.6 Å². The van der Waals surface area contributed by atoms with Crippen LogP contribution in [-0.2, 0) is 9.22 Å². The topological polar surface area (TPSA) is 26.3 Å². The Kier molecular flexibility index (Phi) is 3.56. The van der Waals surface area contributed by atoms with Crippen LogP contribution in [0.15, 0.2) is 0 Å². The van der Waals surface area contributed by atoms with Crippen LogP contribution in [0, 0.1) is 28.6 Å². The highest BCUT2D eigenvalue weighted by Crippen LogP contribution is 2.84. The number of hydrogen-bond donors (Lipinski definition) is 0. The third-order valence-corrected chi connectivity index (χ3v) is 12.8. The molecular weight excluding hydrogens is 288 g/mol. The molecule has 3 saturated carbocycles. The standard InChI is InChI=1S/C19H34O2Si/c1-13-16(20)15-14-9-11-19(13,18(14,15)5)10-8-12-21-22(6,7)17(2,3)4/h13-15H,8-12H2,1-7H3/t13-,14?,15?,18-,19+/m1/s1. The maximum Gasteiger partial charge on any atom is 0.191 e. The van der Waals surface area contributed by atoms with Gasteiger partial charge >= 0.3 is 0 Å². The highest BCUT2D eigenvalue weighted by atomic mass is 28.4. The van der Waals surface area contributed by atoms with E-state index in [0.29, 0.717) is 22.5 Å². The minimum atomic E-state index is -1.63. The molecule has 0 heterocycles. The summed E-state index contributed by atoms with van der Waals surface area (Å²) in [5.41, 5.74) is 0.649. The molecule has 2 unspecified atom stereocenters. The van der Waals surface area contributed by atoms with Crippen LogP contribution in [0.4, 0.5) is 0 Å². The Balaban J connectivity index is 1.60. The highest BCUT2D eigenvalue weighted by Gasteiger charge is 2.82. The fraction of sp³-hybridized carbons (Fsp3) is 0.947. The average Bonchev–Trinajstić information content (AvgIpc) is 2.88. The summed E-state index contributed by atoms with van der Waals surface area (Å²) >= 11 is 0. The molecule has 5 atom stereocenters. The Morgan fingerprint density at radius 2 is 1.95 bits per heavy atom. The first-order valence-electron chi connectivity index (χ1n) is 9.17. The smallest absolute Gasteiger partial charge is 0.191 e. The van der Waals surface area contributed by atoms with E-state index in [9.17, 15) is 4.79 Å². The van der Waals surface area contributed by atoms with E-state index < -0.39 is 8.32 Å². The number of Topliss-reactive ketones (excluding diaryl/α,β-unsaturated/α-hetero) is 1. The van der Waals surface area contributed by atoms with Crippen LogP contribution in [-0.4, -0.2) is 20.7 Å². The van der Waals surface area contributed by atoms with E-state index >= 15 is 0 Å². The van der Waals surface area contributed by atoms with Crippen LogP contribution in [0.3, 0.4) is 0 Å². The molecule has 0 saturated heterocycles. The molecule has 3 rings (SSSR count). The second kappa shape index (κ2) is 4.69. The summed E-state index contributed by atoms with van der Waals surface area (Å²) in [6, 6.07) is 0. The number of fused-ring (bicyclic) bond motifs is 1. The van der Waals surface area contributed by atoms with Gasteiger partial charge in [0.25, 0.3) is 0 Å². The van der Waals surface area contributed by atoms with Crippen LogP contribution < -0.4 is 0 Å². The van der Waals surface area contributed by atoms with E-state index in [4.69, 9.17) is 4.43 Å². The summed E-state index contributed by atoms with van der Waals surface area (Å²) < 4.78 is 6.35. The van der Waals surface area contributed by atoms with Crippen molar-refractivity contribution in [2.24, 2.45) is 28.6 Å². The quantitative estimate of drug-likeness (QED) is 0.523. The molecule has 126 valence electrons. The van der Waals surface area contributed by atoms with E-state index in [-0.39, 0.29) is 11.0 Å². The van der Waals surface area contributed by atoms with Crippen molar-refractivity contribution in [3.63, 3.8) is 0 Å². The van der Waals surface area contributed by atoms with E-state index in [2.05, 4.69) is 47.7 Å². The summed E-state index contributed by atoms with van der Waals surface area (Å²) in [6.07, 6.45) is 4.88. The lowest BCUT2D eigenvalue weighted by Crippen LogP contribution is -2.41.